The lowest BCUT2D eigenvalue weighted by Crippen LogP contribution is -2.31. The molecule has 0 radical (unpaired) electrons. The van der Waals surface area contributed by atoms with Crippen molar-refractivity contribution in [2.45, 2.75) is 37.6 Å². The van der Waals surface area contributed by atoms with Gasteiger partial charge in [-0.15, -0.1) is 0 Å². The van der Waals surface area contributed by atoms with Gasteiger partial charge in [0, 0.05) is 17.7 Å². The zero-order chi connectivity index (χ0) is 9.97. The highest BCUT2D eigenvalue weighted by atomic mass is 19.1. The molecule has 2 atom stereocenters. The number of nitrogens with zero attached hydrogens (tertiary/aromatic N) is 1. The van der Waals surface area contributed by atoms with Crippen molar-refractivity contribution in [1.29, 1.82) is 0 Å². The van der Waals surface area contributed by atoms with Gasteiger partial charge in [0.1, 0.15) is 5.82 Å². The van der Waals surface area contributed by atoms with Gasteiger partial charge in [-0.2, -0.15) is 0 Å². The highest BCUT2D eigenvalue weighted by molar-refractivity contribution is 5.13. The second kappa shape index (κ2) is 4.05. The SMILES string of the molecule is NC1CCCCC1c1ccc(F)cn1. The van der Waals surface area contributed by atoms with Gasteiger partial charge in [-0.05, 0) is 25.0 Å². The van der Waals surface area contributed by atoms with Crippen LogP contribution in [0.1, 0.15) is 37.3 Å². The minimum Gasteiger partial charge on any atom is -0.327 e. The van der Waals surface area contributed by atoms with E-state index in [2.05, 4.69) is 4.98 Å². The van der Waals surface area contributed by atoms with Crippen molar-refractivity contribution in [3.05, 3.63) is 29.8 Å². The molecule has 1 fully saturated rings. The zero-order valence-corrected chi connectivity index (χ0v) is 8.12. The summed E-state index contributed by atoms with van der Waals surface area (Å²) in [5.41, 5.74) is 6.96. The second-order valence-corrected chi connectivity index (χ2v) is 3.96. The molecule has 0 bridgehead atoms. The minimum absolute atomic E-state index is 0.196. The fraction of sp³-hybridized carbons (Fsp3) is 0.545. The molecule has 14 heavy (non-hydrogen) atoms. The quantitative estimate of drug-likeness (QED) is 0.744. The molecule has 0 spiro atoms. The zero-order valence-electron chi connectivity index (χ0n) is 8.12. The fourth-order valence-electron chi connectivity index (χ4n) is 2.13. The van der Waals surface area contributed by atoms with Crippen molar-refractivity contribution < 1.29 is 4.39 Å². The van der Waals surface area contributed by atoms with Gasteiger partial charge in [0.05, 0.1) is 6.20 Å². The third-order valence-corrected chi connectivity index (χ3v) is 2.95. The molecule has 2 rings (SSSR count). The molecule has 2 nitrogen and oxygen atoms in total. The maximum atomic E-state index is 12.7. The maximum absolute atomic E-state index is 12.7. The number of rotatable bonds is 1. The molecule has 2 N–H and O–H groups in total. The van der Waals surface area contributed by atoms with Gasteiger partial charge in [0.25, 0.3) is 0 Å². The minimum atomic E-state index is -0.280. The third kappa shape index (κ3) is 1.93. The van der Waals surface area contributed by atoms with Gasteiger partial charge in [-0.25, -0.2) is 4.39 Å². The summed E-state index contributed by atoms with van der Waals surface area (Å²) in [6, 6.07) is 3.41. The fourth-order valence-corrected chi connectivity index (χ4v) is 2.13. The lowest BCUT2D eigenvalue weighted by Gasteiger charge is -2.27. The summed E-state index contributed by atoms with van der Waals surface area (Å²) in [5.74, 6) is 0.0440. The van der Waals surface area contributed by atoms with Crippen LogP contribution >= 0.6 is 0 Å². The molecule has 1 saturated carbocycles. The summed E-state index contributed by atoms with van der Waals surface area (Å²) in [4.78, 5) is 4.10. The van der Waals surface area contributed by atoms with Crippen molar-refractivity contribution in [2.75, 3.05) is 0 Å². The molecule has 1 heterocycles. The van der Waals surface area contributed by atoms with Gasteiger partial charge in [0.2, 0.25) is 0 Å². The molecule has 1 aromatic heterocycles. The Morgan fingerprint density at radius 3 is 2.71 bits per heavy atom. The van der Waals surface area contributed by atoms with Crippen LogP contribution in [-0.4, -0.2) is 11.0 Å². The molecule has 1 aromatic rings. The van der Waals surface area contributed by atoms with E-state index in [9.17, 15) is 4.39 Å². The van der Waals surface area contributed by atoms with Gasteiger partial charge in [-0.1, -0.05) is 12.8 Å². The number of nitrogens with two attached hydrogens (primary N) is 1. The Kier molecular flexibility index (Phi) is 2.77. The Bertz CT molecular complexity index is 297. The molecule has 76 valence electrons. The summed E-state index contributed by atoms with van der Waals surface area (Å²) >= 11 is 0. The Hall–Kier alpha value is -0.960. The number of hydrogen-bond acceptors (Lipinski definition) is 2. The van der Waals surface area contributed by atoms with Crippen LogP contribution < -0.4 is 5.73 Å². The number of pyridine rings is 1. The molecule has 1 aliphatic carbocycles. The number of hydrogen-bond donors (Lipinski definition) is 1. The molecule has 0 aromatic carbocycles. The van der Waals surface area contributed by atoms with Gasteiger partial charge < -0.3 is 5.73 Å². The summed E-state index contributed by atoms with van der Waals surface area (Å²) < 4.78 is 12.7. The van der Waals surface area contributed by atoms with Crippen molar-refractivity contribution in [3.63, 3.8) is 0 Å². The first-order chi connectivity index (χ1) is 6.77. The smallest absolute Gasteiger partial charge is 0.141 e. The lowest BCUT2D eigenvalue weighted by molar-refractivity contribution is 0.379. The van der Waals surface area contributed by atoms with Crippen molar-refractivity contribution in [1.82, 2.24) is 4.98 Å². The first-order valence-corrected chi connectivity index (χ1v) is 5.14. The molecule has 2 unspecified atom stereocenters. The van der Waals surface area contributed by atoms with E-state index in [1.54, 1.807) is 6.07 Å². The van der Waals surface area contributed by atoms with Gasteiger partial charge in [0.15, 0.2) is 0 Å². The molecule has 0 aliphatic heterocycles. The van der Waals surface area contributed by atoms with Crippen LogP contribution in [-0.2, 0) is 0 Å². The molecular formula is C11H15FN2. The summed E-state index contributed by atoms with van der Waals surface area (Å²) in [5, 5.41) is 0. The van der Waals surface area contributed by atoms with Crippen LogP contribution in [0.3, 0.4) is 0 Å². The van der Waals surface area contributed by atoms with Crippen LogP contribution in [0.2, 0.25) is 0 Å². The monoisotopic (exact) mass is 194 g/mol. The molecule has 0 amide bonds. The Balaban J connectivity index is 2.16. The predicted molar refractivity (Wildman–Crippen MR) is 53.4 cm³/mol. The van der Waals surface area contributed by atoms with E-state index in [0.717, 1.165) is 18.5 Å². The van der Waals surface area contributed by atoms with E-state index < -0.39 is 0 Å². The van der Waals surface area contributed by atoms with E-state index in [1.807, 2.05) is 0 Å². The Morgan fingerprint density at radius 1 is 1.29 bits per heavy atom. The molecule has 3 heteroatoms. The van der Waals surface area contributed by atoms with Crippen molar-refractivity contribution >= 4 is 0 Å². The van der Waals surface area contributed by atoms with E-state index in [-0.39, 0.29) is 11.9 Å². The van der Waals surface area contributed by atoms with E-state index in [4.69, 9.17) is 5.73 Å². The first-order valence-electron chi connectivity index (χ1n) is 5.14. The highest BCUT2D eigenvalue weighted by Crippen LogP contribution is 2.30. The normalized spacial score (nSPS) is 27.6. The van der Waals surface area contributed by atoms with Crippen LogP contribution in [0.5, 0.6) is 0 Å². The van der Waals surface area contributed by atoms with Crippen molar-refractivity contribution in [2.24, 2.45) is 5.73 Å². The number of halogens is 1. The van der Waals surface area contributed by atoms with Crippen LogP contribution in [0.25, 0.3) is 0 Å². The molecule has 0 saturated heterocycles. The van der Waals surface area contributed by atoms with Crippen LogP contribution in [0.15, 0.2) is 18.3 Å². The third-order valence-electron chi connectivity index (χ3n) is 2.95. The first kappa shape index (κ1) is 9.59. The predicted octanol–water partition coefficient (Wildman–Crippen LogP) is 2.21. The topological polar surface area (TPSA) is 38.9 Å². The van der Waals surface area contributed by atoms with Crippen LogP contribution in [0, 0.1) is 5.82 Å². The molecular weight excluding hydrogens is 179 g/mol. The lowest BCUT2D eigenvalue weighted by atomic mass is 9.83. The van der Waals surface area contributed by atoms with E-state index >= 15 is 0 Å². The Labute approximate surface area is 83.3 Å². The largest absolute Gasteiger partial charge is 0.327 e. The number of aromatic nitrogens is 1. The summed E-state index contributed by atoms with van der Waals surface area (Å²) in [6.45, 7) is 0. The van der Waals surface area contributed by atoms with E-state index in [0.29, 0.717) is 5.92 Å². The van der Waals surface area contributed by atoms with E-state index in [1.165, 1.54) is 25.1 Å². The molecule has 1 aliphatic rings. The summed E-state index contributed by atoms with van der Waals surface area (Å²) in [7, 11) is 0. The standard InChI is InChI=1S/C11H15FN2/c12-8-5-6-11(14-7-8)9-3-1-2-4-10(9)13/h5-7,9-10H,1-4,13H2. The van der Waals surface area contributed by atoms with Crippen molar-refractivity contribution in [3.8, 4) is 0 Å². The van der Waals surface area contributed by atoms with Gasteiger partial charge in [-0.3, -0.25) is 4.98 Å². The highest BCUT2D eigenvalue weighted by Gasteiger charge is 2.24. The Morgan fingerprint density at radius 2 is 2.07 bits per heavy atom. The average molecular weight is 194 g/mol. The maximum Gasteiger partial charge on any atom is 0.141 e. The summed E-state index contributed by atoms with van der Waals surface area (Å²) in [6.07, 6.45) is 5.83. The average Bonchev–Trinajstić information content (AvgIpc) is 2.20. The van der Waals surface area contributed by atoms with Crippen LogP contribution in [0.4, 0.5) is 4.39 Å². The van der Waals surface area contributed by atoms with Gasteiger partial charge >= 0.3 is 0 Å². The second-order valence-electron chi connectivity index (χ2n) is 3.96.